The van der Waals surface area contributed by atoms with E-state index in [0.717, 1.165) is 62.6 Å². The number of aromatic amines is 2. The molecular formula is C48H58N10O6. The Labute approximate surface area is 372 Å². The van der Waals surface area contributed by atoms with Crippen molar-refractivity contribution in [1.82, 2.24) is 50.3 Å². The molecule has 4 amide bonds. The Balaban J connectivity index is 1.02. The van der Waals surface area contributed by atoms with Gasteiger partial charge in [-0.15, -0.1) is 0 Å². The molecule has 8 rings (SSSR count). The van der Waals surface area contributed by atoms with Gasteiger partial charge in [-0.2, -0.15) is 0 Å². The minimum absolute atomic E-state index is 0.0510. The first-order chi connectivity index (χ1) is 30.6. The van der Waals surface area contributed by atoms with Gasteiger partial charge in [0, 0.05) is 17.6 Å². The van der Waals surface area contributed by atoms with Crippen LogP contribution in [0.15, 0.2) is 60.8 Å². The zero-order valence-electron chi connectivity index (χ0n) is 38.1. The Morgan fingerprint density at radius 3 is 1.52 bits per heavy atom. The van der Waals surface area contributed by atoms with E-state index >= 15 is 0 Å². The molecule has 4 N–H and O–H groups in total. The first kappa shape index (κ1) is 44.0. The highest BCUT2D eigenvalue weighted by atomic mass is 16.5. The third kappa shape index (κ3) is 8.21. The molecule has 16 heteroatoms. The molecule has 0 radical (unpaired) electrons. The molecule has 0 spiro atoms. The van der Waals surface area contributed by atoms with E-state index in [1.54, 1.807) is 6.20 Å². The number of carbonyl (C=O) groups excluding carboxylic acids is 4. The third-order valence-corrected chi connectivity index (χ3v) is 13.5. The van der Waals surface area contributed by atoms with E-state index in [0.29, 0.717) is 17.3 Å². The first-order valence-corrected chi connectivity index (χ1v) is 22.2. The van der Waals surface area contributed by atoms with E-state index < -0.39 is 24.3 Å². The Morgan fingerprint density at radius 2 is 1.05 bits per heavy atom. The third-order valence-electron chi connectivity index (χ3n) is 13.5. The van der Waals surface area contributed by atoms with E-state index in [1.165, 1.54) is 14.2 Å². The number of nitrogens with zero attached hydrogens (tertiary/aromatic N) is 6. The molecular weight excluding hydrogens is 813 g/mol. The highest BCUT2D eigenvalue weighted by Gasteiger charge is 2.46. The lowest BCUT2D eigenvalue weighted by molar-refractivity contribution is -0.138. The number of hydrogen-bond donors (Lipinski definition) is 4. The number of alkyl carbamates (subject to hydrolysis) is 2. The molecule has 2 fully saturated rings. The van der Waals surface area contributed by atoms with Gasteiger partial charge in [-0.25, -0.2) is 24.5 Å². The number of H-pyrrole nitrogens is 2. The van der Waals surface area contributed by atoms with Crippen LogP contribution in [0, 0.1) is 23.7 Å². The summed E-state index contributed by atoms with van der Waals surface area (Å²) in [5.41, 5.74) is 8.26. The van der Waals surface area contributed by atoms with Gasteiger partial charge in [0.15, 0.2) is 0 Å². The highest BCUT2D eigenvalue weighted by Crippen LogP contribution is 2.42. The largest absolute Gasteiger partial charge is 0.453 e. The summed E-state index contributed by atoms with van der Waals surface area (Å²) in [5, 5.41) is 5.48. The second-order valence-corrected chi connectivity index (χ2v) is 18.3. The van der Waals surface area contributed by atoms with Gasteiger partial charge in [-0.05, 0) is 97.9 Å². The molecule has 0 saturated carbocycles. The second-order valence-electron chi connectivity index (χ2n) is 18.3. The van der Waals surface area contributed by atoms with Gasteiger partial charge in [-0.3, -0.25) is 14.6 Å². The molecule has 0 unspecified atom stereocenters. The predicted octanol–water partition coefficient (Wildman–Crippen LogP) is 8.07. The number of benzene rings is 3. The summed E-state index contributed by atoms with van der Waals surface area (Å²) < 4.78 is 9.65. The maximum Gasteiger partial charge on any atom is 0.407 e. The van der Waals surface area contributed by atoms with Crippen LogP contribution < -0.4 is 10.6 Å². The molecule has 16 nitrogen and oxygen atoms in total. The van der Waals surface area contributed by atoms with Crippen LogP contribution in [0.1, 0.15) is 92.0 Å². The van der Waals surface area contributed by atoms with Crippen molar-refractivity contribution in [2.75, 3.05) is 14.2 Å². The van der Waals surface area contributed by atoms with Crippen LogP contribution in [0.2, 0.25) is 0 Å². The first-order valence-electron chi connectivity index (χ1n) is 22.2. The number of carbonyl (C=O) groups is 4. The van der Waals surface area contributed by atoms with E-state index in [1.807, 2.05) is 99.9 Å². The summed E-state index contributed by atoms with van der Waals surface area (Å²) in [6.45, 7) is 16.0. The topological polar surface area (TPSA) is 200 Å². The number of fused-ring (bicyclic) bond motifs is 3. The fourth-order valence-corrected chi connectivity index (χ4v) is 9.40. The Hall–Kier alpha value is -6.58. The Kier molecular flexibility index (Phi) is 12.1. The zero-order valence-corrected chi connectivity index (χ0v) is 38.1. The summed E-state index contributed by atoms with van der Waals surface area (Å²) in [5.74, 6) is 1.26. The lowest BCUT2D eigenvalue weighted by atomic mass is 10.0. The van der Waals surface area contributed by atoms with Crippen molar-refractivity contribution in [3.63, 3.8) is 0 Å². The van der Waals surface area contributed by atoms with Gasteiger partial charge in [0.05, 0.1) is 71.3 Å². The van der Waals surface area contributed by atoms with Gasteiger partial charge in [0.25, 0.3) is 0 Å². The van der Waals surface area contributed by atoms with Crippen molar-refractivity contribution >= 4 is 57.1 Å². The van der Waals surface area contributed by atoms with Gasteiger partial charge in [0.2, 0.25) is 11.8 Å². The standard InChI is InChI=1S/C48H58N10O6/c1-23(2)41(55-47(61)63-9)45(59)57-27(7)25(5)17-39(57)43-51-33-15-12-30(20-36(33)53-43)29-11-14-32-35(19-29)49-22-38(50-32)31-13-16-34-37(21-31)54-44(52-34)40-18-26(6)28(8)58(40)46(60)42(24(3)4)56-48(62)64-10/h11-16,19-28,39-42H,17-18H2,1-10H3,(H,51,53)(H,52,54)(H,55,61)(H,56,62)/t25-,26-,27-,28-,39+,40+,41+,42+/m1/s1. The molecule has 3 aromatic heterocycles. The van der Waals surface area contributed by atoms with E-state index in [-0.39, 0.29) is 59.7 Å². The number of amides is 4. The van der Waals surface area contributed by atoms with Gasteiger partial charge < -0.3 is 39.9 Å². The van der Waals surface area contributed by atoms with Gasteiger partial charge >= 0.3 is 12.2 Å². The minimum Gasteiger partial charge on any atom is -0.453 e. The molecule has 8 atom stereocenters. The van der Waals surface area contributed by atoms with Crippen LogP contribution in [0.5, 0.6) is 0 Å². The quantitative estimate of drug-likeness (QED) is 0.104. The summed E-state index contributed by atoms with van der Waals surface area (Å²) in [6, 6.07) is 15.9. The number of ether oxygens (including phenoxy) is 2. The molecule has 0 bridgehead atoms. The van der Waals surface area contributed by atoms with Crippen molar-refractivity contribution in [1.29, 1.82) is 0 Å². The molecule has 64 heavy (non-hydrogen) atoms. The van der Waals surface area contributed by atoms with Gasteiger partial charge in [-0.1, -0.05) is 59.7 Å². The average molecular weight is 871 g/mol. The predicted molar refractivity (Wildman–Crippen MR) is 244 cm³/mol. The number of imidazole rings is 2. The lowest BCUT2D eigenvalue weighted by Gasteiger charge is -2.33. The normalized spacial score (nSPS) is 22.1. The number of methoxy groups -OCH3 is 2. The smallest absolute Gasteiger partial charge is 0.407 e. The van der Waals surface area contributed by atoms with Crippen molar-refractivity contribution in [2.45, 2.75) is 104 Å². The van der Waals surface area contributed by atoms with Crippen molar-refractivity contribution in [3.8, 4) is 22.4 Å². The number of hydrogen-bond acceptors (Lipinski definition) is 10. The number of rotatable bonds is 10. The Bertz CT molecular complexity index is 2560. The van der Waals surface area contributed by atoms with Crippen LogP contribution >= 0.6 is 0 Å². The van der Waals surface area contributed by atoms with Gasteiger partial charge in [0.1, 0.15) is 23.7 Å². The highest BCUT2D eigenvalue weighted by molar-refractivity contribution is 5.90. The summed E-state index contributed by atoms with van der Waals surface area (Å²) in [4.78, 5) is 82.9. The monoisotopic (exact) mass is 870 g/mol. The number of nitrogens with one attached hydrogen (secondary N) is 4. The summed E-state index contributed by atoms with van der Waals surface area (Å²) in [7, 11) is 2.59. The van der Waals surface area contributed by atoms with Crippen molar-refractivity contribution < 1.29 is 28.7 Å². The van der Waals surface area contributed by atoms with Crippen molar-refractivity contribution in [2.24, 2.45) is 23.7 Å². The molecule has 3 aromatic carbocycles. The van der Waals surface area contributed by atoms with Crippen molar-refractivity contribution in [3.05, 3.63) is 72.4 Å². The zero-order chi connectivity index (χ0) is 45.7. The van der Waals surface area contributed by atoms with E-state index in [2.05, 4.69) is 40.5 Å². The fourth-order valence-electron chi connectivity index (χ4n) is 9.40. The molecule has 336 valence electrons. The molecule has 0 aliphatic carbocycles. The van der Waals surface area contributed by atoms with Crippen LogP contribution in [0.3, 0.4) is 0 Å². The van der Waals surface area contributed by atoms with Crippen LogP contribution in [0.4, 0.5) is 9.59 Å². The van der Waals surface area contributed by atoms with Crippen LogP contribution in [-0.2, 0) is 19.1 Å². The van der Waals surface area contributed by atoms with E-state index in [9.17, 15) is 19.2 Å². The number of aromatic nitrogens is 6. The second kappa shape index (κ2) is 17.5. The SMILES string of the molecule is COC(=O)N[C@H](C(=O)N1[C@H](C)[C@H](C)C[C@H]1c1nc2ccc(-c3ccc4nc(-c5ccc6nc([C@@H]7C[C@@H](C)[C@@H](C)N7C(=O)[C@@H](NC(=O)OC)C(C)C)[nH]c6c5)cnc4c3)cc2[nH]1)C(C)C. The minimum atomic E-state index is -0.737. The maximum atomic E-state index is 14.0. The molecule has 5 heterocycles. The van der Waals surface area contributed by atoms with Crippen LogP contribution in [0.25, 0.3) is 55.5 Å². The molecule has 6 aromatic rings. The molecule has 2 aliphatic heterocycles. The van der Waals surface area contributed by atoms with Crippen LogP contribution in [-0.4, -0.2) is 102 Å². The summed E-state index contributed by atoms with van der Waals surface area (Å²) >= 11 is 0. The van der Waals surface area contributed by atoms with E-state index in [4.69, 9.17) is 29.4 Å². The Morgan fingerprint density at radius 1 is 0.609 bits per heavy atom. The number of likely N-dealkylation sites (tertiary alicyclic amines) is 2. The summed E-state index contributed by atoms with van der Waals surface area (Å²) in [6.07, 6.45) is 1.97. The lowest BCUT2D eigenvalue weighted by Crippen LogP contribution is -2.53. The molecule has 2 aliphatic rings. The molecule has 2 saturated heterocycles. The maximum absolute atomic E-state index is 14.0. The average Bonchev–Trinajstić information content (AvgIpc) is 4.05. The fraction of sp³-hybridized carbons (Fsp3) is 0.458.